The molecule has 18 heavy (non-hydrogen) atoms. The first-order chi connectivity index (χ1) is 8.54. The molecule has 0 fully saturated rings. The van der Waals surface area contributed by atoms with E-state index >= 15 is 0 Å². The molecule has 0 aliphatic carbocycles. The SMILES string of the molecule is CCCc1nc(-c2ccc(F)cc2F)c(N)n1N. The highest BCUT2D eigenvalue weighted by molar-refractivity contribution is 5.71. The highest BCUT2D eigenvalue weighted by Crippen LogP contribution is 2.28. The third kappa shape index (κ3) is 2.01. The largest absolute Gasteiger partial charge is 0.382 e. The Morgan fingerprint density at radius 2 is 2.06 bits per heavy atom. The van der Waals surface area contributed by atoms with Crippen molar-refractivity contribution in [3.05, 3.63) is 35.7 Å². The van der Waals surface area contributed by atoms with Gasteiger partial charge in [0.15, 0.2) is 5.82 Å². The molecule has 2 aromatic rings. The van der Waals surface area contributed by atoms with Crippen molar-refractivity contribution in [2.45, 2.75) is 19.8 Å². The zero-order chi connectivity index (χ0) is 13.3. The van der Waals surface area contributed by atoms with Gasteiger partial charge in [0.2, 0.25) is 0 Å². The van der Waals surface area contributed by atoms with E-state index < -0.39 is 11.6 Å². The standard InChI is InChI=1S/C12H14F2N4/c1-2-3-10-17-11(12(15)18(10)16)8-5-4-7(13)6-9(8)14/h4-6H,2-3,15-16H2,1H3. The van der Waals surface area contributed by atoms with E-state index in [2.05, 4.69) is 4.98 Å². The van der Waals surface area contributed by atoms with Gasteiger partial charge in [-0.05, 0) is 18.6 Å². The Morgan fingerprint density at radius 1 is 1.33 bits per heavy atom. The van der Waals surface area contributed by atoms with Gasteiger partial charge in [-0.2, -0.15) is 0 Å². The van der Waals surface area contributed by atoms with Crippen molar-refractivity contribution >= 4 is 5.82 Å². The van der Waals surface area contributed by atoms with E-state index in [-0.39, 0.29) is 17.1 Å². The number of aryl methyl sites for hydroxylation is 1. The summed E-state index contributed by atoms with van der Waals surface area (Å²) in [5.41, 5.74) is 6.18. The second kappa shape index (κ2) is 4.64. The van der Waals surface area contributed by atoms with Crippen LogP contribution in [0, 0.1) is 11.6 Å². The van der Waals surface area contributed by atoms with E-state index in [1.54, 1.807) is 0 Å². The highest BCUT2D eigenvalue weighted by Gasteiger charge is 2.17. The molecule has 1 aromatic carbocycles. The molecule has 1 aromatic heterocycles. The minimum Gasteiger partial charge on any atom is -0.382 e. The molecule has 0 saturated heterocycles. The highest BCUT2D eigenvalue weighted by atomic mass is 19.1. The Balaban J connectivity index is 2.53. The lowest BCUT2D eigenvalue weighted by molar-refractivity contribution is 0.585. The van der Waals surface area contributed by atoms with Crippen molar-refractivity contribution in [3.63, 3.8) is 0 Å². The average molecular weight is 252 g/mol. The molecule has 0 amide bonds. The summed E-state index contributed by atoms with van der Waals surface area (Å²) in [6, 6.07) is 3.26. The van der Waals surface area contributed by atoms with Gasteiger partial charge >= 0.3 is 0 Å². The third-order valence-corrected chi connectivity index (χ3v) is 2.68. The summed E-state index contributed by atoms with van der Waals surface area (Å²) in [7, 11) is 0. The van der Waals surface area contributed by atoms with Gasteiger partial charge in [0.1, 0.15) is 23.2 Å². The van der Waals surface area contributed by atoms with Crippen LogP contribution in [-0.2, 0) is 6.42 Å². The fourth-order valence-corrected chi connectivity index (χ4v) is 1.77. The smallest absolute Gasteiger partial charge is 0.150 e. The molecule has 1 heterocycles. The molecule has 2 rings (SSSR count). The number of imidazole rings is 1. The number of nitrogens with two attached hydrogens (primary N) is 2. The maximum absolute atomic E-state index is 13.7. The lowest BCUT2D eigenvalue weighted by Crippen LogP contribution is -2.15. The maximum Gasteiger partial charge on any atom is 0.150 e. The molecule has 4 nitrogen and oxygen atoms in total. The van der Waals surface area contributed by atoms with E-state index in [1.165, 1.54) is 10.7 Å². The fourth-order valence-electron chi connectivity index (χ4n) is 1.77. The van der Waals surface area contributed by atoms with Crippen LogP contribution in [0.4, 0.5) is 14.6 Å². The number of anilines is 1. The van der Waals surface area contributed by atoms with E-state index in [9.17, 15) is 8.78 Å². The van der Waals surface area contributed by atoms with Crippen molar-refractivity contribution in [1.29, 1.82) is 0 Å². The van der Waals surface area contributed by atoms with Crippen molar-refractivity contribution in [2.24, 2.45) is 0 Å². The number of hydrogen-bond donors (Lipinski definition) is 2. The number of halogens is 2. The summed E-state index contributed by atoms with van der Waals surface area (Å²) in [5.74, 6) is 5.14. The van der Waals surface area contributed by atoms with Crippen LogP contribution < -0.4 is 11.6 Å². The Kier molecular flexibility index (Phi) is 3.18. The van der Waals surface area contributed by atoms with Crippen molar-refractivity contribution in [3.8, 4) is 11.3 Å². The maximum atomic E-state index is 13.7. The summed E-state index contributed by atoms with van der Waals surface area (Å²) in [5, 5.41) is 0. The topological polar surface area (TPSA) is 69.9 Å². The third-order valence-electron chi connectivity index (χ3n) is 2.68. The van der Waals surface area contributed by atoms with Gasteiger partial charge in [0, 0.05) is 18.1 Å². The number of rotatable bonds is 3. The monoisotopic (exact) mass is 252 g/mol. The van der Waals surface area contributed by atoms with Crippen molar-refractivity contribution < 1.29 is 8.78 Å². The summed E-state index contributed by atoms with van der Waals surface area (Å²) >= 11 is 0. The van der Waals surface area contributed by atoms with Gasteiger partial charge < -0.3 is 11.6 Å². The van der Waals surface area contributed by atoms with E-state index in [4.69, 9.17) is 11.6 Å². The number of benzene rings is 1. The van der Waals surface area contributed by atoms with Crippen LogP contribution in [0.2, 0.25) is 0 Å². The Morgan fingerprint density at radius 3 is 2.67 bits per heavy atom. The lowest BCUT2D eigenvalue weighted by atomic mass is 10.1. The first-order valence-corrected chi connectivity index (χ1v) is 5.62. The zero-order valence-electron chi connectivity index (χ0n) is 9.95. The van der Waals surface area contributed by atoms with Crippen LogP contribution in [0.3, 0.4) is 0 Å². The van der Waals surface area contributed by atoms with Crippen LogP contribution in [0.25, 0.3) is 11.3 Å². The van der Waals surface area contributed by atoms with Crippen LogP contribution in [-0.4, -0.2) is 9.66 Å². The molecule has 0 aliphatic heterocycles. The molecule has 4 N–H and O–H groups in total. The quantitative estimate of drug-likeness (QED) is 0.821. The van der Waals surface area contributed by atoms with Gasteiger partial charge in [-0.3, -0.25) is 0 Å². The molecular weight excluding hydrogens is 238 g/mol. The molecule has 0 spiro atoms. The van der Waals surface area contributed by atoms with E-state index in [1.807, 2.05) is 6.92 Å². The summed E-state index contributed by atoms with van der Waals surface area (Å²) in [4.78, 5) is 4.21. The second-order valence-electron chi connectivity index (χ2n) is 4.01. The number of nitrogen functional groups attached to an aromatic ring is 2. The van der Waals surface area contributed by atoms with Crippen LogP contribution in [0.5, 0.6) is 0 Å². The first-order valence-electron chi connectivity index (χ1n) is 5.62. The Bertz CT molecular complexity index is 578. The fraction of sp³-hybridized carbons (Fsp3) is 0.250. The molecule has 0 saturated carbocycles. The van der Waals surface area contributed by atoms with Gasteiger partial charge in [0.25, 0.3) is 0 Å². The Hall–Kier alpha value is -2.11. The molecule has 6 heteroatoms. The summed E-state index contributed by atoms with van der Waals surface area (Å²) < 4.78 is 27.7. The van der Waals surface area contributed by atoms with Gasteiger partial charge in [0.05, 0.1) is 0 Å². The second-order valence-corrected chi connectivity index (χ2v) is 4.01. The van der Waals surface area contributed by atoms with Gasteiger partial charge in [-0.25, -0.2) is 18.4 Å². The molecule has 0 atom stereocenters. The predicted molar refractivity (Wildman–Crippen MR) is 66.1 cm³/mol. The number of nitrogens with zero attached hydrogens (tertiary/aromatic N) is 2. The van der Waals surface area contributed by atoms with E-state index in [0.717, 1.165) is 18.6 Å². The predicted octanol–water partition coefficient (Wildman–Crippen LogP) is 2.08. The van der Waals surface area contributed by atoms with Crippen LogP contribution in [0.15, 0.2) is 18.2 Å². The van der Waals surface area contributed by atoms with Crippen LogP contribution >= 0.6 is 0 Å². The molecule has 96 valence electrons. The summed E-state index contributed by atoms with van der Waals surface area (Å²) in [6.07, 6.45) is 1.49. The van der Waals surface area contributed by atoms with Crippen molar-refractivity contribution in [2.75, 3.05) is 11.6 Å². The van der Waals surface area contributed by atoms with Gasteiger partial charge in [-0.1, -0.05) is 6.92 Å². The lowest BCUT2D eigenvalue weighted by Gasteiger charge is -2.02. The molecule has 0 radical (unpaired) electrons. The first kappa shape index (κ1) is 12.3. The normalized spacial score (nSPS) is 10.8. The molecule has 0 aliphatic rings. The Labute approximate surface area is 103 Å². The van der Waals surface area contributed by atoms with Crippen molar-refractivity contribution in [1.82, 2.24) is 9.66 Å². The van der Waals surface area contributed by atoms with Gasteiger partial charge in [-0.15, -0.1) is 0 Å². The van der Waals surface area contributed by atoms with E-state index in [0.29, 0.717) is 12.2 Å². The summed E-state index contributed by atoms with van der Waals surface area (Å²) in [6.45, 7) is 1.98. The zero-order valence-corrected chi connectivity index (χ0v) is 9.95. The minimum absolute atomic E-state index is 0.149. The average Bonchev–Trinajstić information content (AvgIpc) is 2.58. The molecule has 0 bridgehead atoms. The minimum atomic E-state index is -0.706. The number of hydrogen-bond acceptors (Lipinski definition) is 3. The van der Waals surface area contributed by atoms with Crippen LogP contribution in [0.1, 0.15) is 19.2 Å². The number of aromatic nitrogens is 2. The molecular formula is C12H14F2N4. The molecule has 0 unspecified atom stereocenters.